The fourth-order valence-electron chi connectivity index (χ4n) is 5.84. The smallest absolute Gasteiger partial charge is 0.00228 e. The van der Waals surface area contributed by atoms with Crippen LogP contribution in [0.3, 0.4) is 0 Å². The second kappa shape index (κ2) is 10.2. The van der Waals surface area contributed by atoms with E-state index in [1.807, 2.05) is 0 Å². The van der Waals surface area contributed by atoms with Crippen LogP contribution >= 0.6 is 0 Å². The van der Waals surface area contributed by atoms with Crippen LogP contribution in [-0.4, -0.2) is 0 Å². The SMILES string of the molecule is C=C(C)C[C@@H](C)c1ccc(C(CC2CC2)C2CCCCC2)c(Cc2ccc(C)cc2)c1. The third-order valence-electron chi connectivity index (χ3n) is 7.81. The minimum absolute atomic E-state index is 0.542. The normalized spacial score (nSPS) is 19.2. The Labute approximate surface area is 191 Å². The third kappa shape index (κ3) is 6.12. The Morgan fingerprint density at radius 3 is 2.32 bits per heavy atom. The second-order valence-electron chi connectivity index (χ2n) is 10.9. The first-order chi connectivity index (χ1) is 15.0. The van der Waals surface area contributed by atoms with Gasteiger partial charge in [-0.25, -0.2) is 0 Å². The molecule has 2 aromatic carbocycles. The molecule has 31 heavy (non-hydrogen) atoms. The Morgan fingerprint density at radius 2 is 1.68 bits per heavy atom. The molecule has 2 fully saturated rings. The average Bonchev–Trinajstić information content (AvgIpc) is 3.58. The number of rotatable bonds is 9. The summed E-state index contributed by atoms with van der Waals surface area (Å²) in [7, 11) is 0. The van der Waals surface area contributed by atoms with Crippen molar-refractivity contribution in [1.82, 2.24) is 0 Å². The summed E-state index contributed by atoms with van der Waals surface area (Å²) in [6, 6.07) is 16.8. The standard InChI is InChI=1S/C31H42/c1-22(2)18-24(4)28-16-17-30(29(21-28)19-25-12-10-23(3)11-13-25)31(20-26-14-15-26)27-8-6-5-7-9-27/h10-13,16-17,21,24,26-27,31H,1,5-9,14-15,18-20H2,2-4H3/t24-,31?/m1/s1. The Balaban J connectivity index is 1.69. The van der Waals surface area contributed by atoms with Crippen molar-refractivity contribution in [1.29, 1.82) is 0 Å². The number of aryl methyl sites for hydroxylation is 1. The molecular weight excluding hydrogens is 372 g/mol. The highest BCUT2D eigenvalue weighted by molar-refractivity contribution is 5.40. The van der Waals surface area contributed by atoms with Crippen molar-refractivity contribution in [2.24, 2.45) is 11.8 Å². The van der Waals surface area contributed by atoms with Crippen LogP contribution in [-0.2, 0) is 6.42 Å². The summed E-state index contributed by atoms with van der Waals surface area (Å²) < 4.78 is 0. The zero-order valence-electron chi connectivity index (χ0n) is 20.1. The first-order valence-corrected chi connectivity index (χ1v) is 12.8. The monoisotopic (exact) mass is 414 g/mol. The molecule has 0 radical (unpaired) electrons. The predicted octanol–water partition coefficient (Wildman–Crippen LogP) is 9.12. The van der Waals surface area contributed by atoms with Crippen molar-refractivity contribution in [3.63, 3.8) is 0 Å². The maximum atomic E-state index is 4.17. The Hall–Kier alpha value is -1.82. The van der Waals surface area contributed by atoms with Gasteiger partial charge in [0.05, 0.1) is 0 Å². The van der Waals surface area contributed by atoms with Crippen molar-refractivity contribution in [2.45, 2.75) is 96.8 Å². The van der Waals surface area contributed by atoms with Crippen LogP contribution in [0.1, 0.15) is 111 Å². The lowest BCUT2D eigenvalue weighted by molar-refractivity contribution is 0.286. The second-order valence-corrected chi connectivity index (χ2v) is 10.9. The van der Waals surface area contributed by atoms with E-state index >= 15 is 0 Å². The summed E-state index contributed by atoms with van der Waals surface area (Å²) in [4.78, 5) is 0. The molecule has 0 nitrogen and oxygen atoms in total. The van der Waals surface area contributed by atoms with Gasteiger partial charge in [-0.1, -0.05) is 92.6 Å². The van der Waals surface area contributed by atoms with E-state index in [9.17, 15) is 0 Å². The van der Waals surface area contributed by atoms with Gasteiger partial charge in [0, 0.05) is 0 Å². The molecule has 0 heterocycles. The van der Waals surface area contributed by atoms with Crippen molar-refractivity contribution in [2.75, 3.05) is 0 Å². The molecule has 0 bridgehead atoms. The highest BCUT2D eigenvalue weighted by atomic mass is 14.4. The maximum absolute atomic E-state index is 4.17. The van der Waals surface area contributed by atoms with Gasteiger partial charge >= 0.3 is 0 Å². The highest BCUT2D eigenvalue weighted by Gasteiger charge is 2.33. The molecule has 2 saturated carbocycles. The molecule has 0 saturated heterocycles. The van der Waals surface area contributed by atoms with Gasteiger partial charge in [0.1, 0.15) is 0 Å². The Bertz CT molecular complexity index is 861. The van der Waals surface area contributed by atoms with E-state index in [-0.39, 0.29) is 0 Å². The quantitative estimate of drug-likeness (QED) is 0.359. The summed E-state index contributed by atoms with van der Waals surface area (Å²) in [5.41, 5.74) is 8.83. The lowest BCUT2D eigenvalue weighted by Gasteiger charge is -2.33. The fourth-order valence-corrected chi connectivity index (χ4v) is 5.84. The van der Waals surface area contributed by atoms with Gasteiger partial charge in [-0.05, 0) is 91.9 Å². The van der Waals surface area contributed by atoms with E-state index in [4.69, 9.17) is 0 Å². The van der Waals surface area contributed by atoms with E-state index < -0.39 is 0 Å². The lowest BCUT2D eigenvalue weighted by Crippen LogP contribution is -2.19. The van der Waals surface area contributed by atoms with E-state index in [2.05, 4.69) is 69.8 Å². The number of hydrogen-bond acceptors (Lipinski definition) is 0. The predicted molar refractivity (Wildman–Crippen MR) is 135 cm³/mol. The van der Waals surface area contributed by atoms with Crippen LogP contribution in [0, 0.1) is 18.8 Å². The van der Waals surface area contributed by atoms with Gasteiger partial charge in [0.2, 0.25) is 0 Å². The fraction of sp³-hybridized carbons (Fsp3) is 0.548. The van der Waals surface area contributed by atoms with Crippen LogP contribution < -0.4 is 0 Å². The van der Waals surface area contributed by atoms with Crippen LogP contribution in [0.25, 0.3) is 0 Å². The molecule has 2 atom stereocenters. The largest absolute Gasteiger partial charge is 0.100 e. The van der Waals surface area contributed by atoms with Gasteiger partial charge in [-0.3, -0.25) is 0 Å². The number of hydrogen-bond donors (Lipinski definition) is 0. The summed E-state index contributed by atoms with van der Waals surface area (Å²) in [6.07, 6.45) is 13.7. The molecule has 0 aliphatic heterocycles. The molecule has 0 aromatic heterocycles. The third-order valence-corrected chi connectivity index (χ3v) is 7.81. The average molecular weight is 415 g/mol. The van der Waals surface area contributed by atoms with Crippen LogP contribution in [0.4, 0.5) is 0 Å². The van der Waals surface area contributed by atoms with Crippen LogP contribution in [0.2, 0.25) is 0 Å². The number of benzene rings is 2. The minimum Gasteiger partial charge on any atom is -0.100 e. The molecule has 2 aliphatic rings. The first-order valence-electron chi connectivity index (χ1n) is 12.8. The van der Waals surface area contributed by atoms with Gasteiger partial charge in [0.25, 0.3) is 0 Å². The van der Waals surface area contributed by atoms with Gasteiger partial charge in [-0.2, -0.15) is 0 Å². The highest BCUT2D eigenvalue weighted by Crippen LogP contribution is 2.47. The van der Waals surface area contributed by atoms with E-state index in [1.165, 1.54) is 73.6 Å². The molecule has 4 rings (SSSR count). The molecule has 0 N–H and O–H groups in total. The van der Waals surface area contributed by atoms with Crippen LogP contribution in [0.15, 0.2) is 54.6 Å². The molecular formula is C31H42. The molecule has 0 heteroatoms. The minimum atomic E-state index is 0.542. The van der Waals surface area contributed by atoms with Crippen molar-refractivity contribution >= 4 is 0 Å². The Kier molecular flexibility index (Phi) is 7.36. The summed E-state index contributed by atoms with van der Waals surface area (Å²) in [6.45, 7) is 10.9. The van der Waals surface area contributed by atoms with E-state index in [0.29, 0.717) is 5.92 Å². The maximum Gasteiger partial charge on any atom is -0.00228 e. The Morgan fingerprint density at radius 1 is 0.968 bits per heavy atom. The van der Waals surface area contributed by atoms with E-state index in [0.717, 1.165) is 30.6 Å². The van der Waals surface area contributed by atoms with Crippen molar-refractivity contribution in [3.8, 4) is 0 Å². The van der Waals surface area contributed by atoms with Gasteiger partial charge < -0.3 is 0 Å². The molecule has 166 valence electrons. The molecule has 2 aliphatic carbocycles. The van der Waals surface area contributed by atoms with Crippen LogP contribution in [0.5, 0.6) is 0 Å². The molecule has 1 unspecified atom stereocenters. The zero-order chi connectivity index (χ0) is 21.8. The van der Waals surface area contributed by atoms with Crippen molar-refractivity contribution in [3.05, 3.63) is 82.4 Å². The summed E-state index contributed by atoms with van der Waals surface area (Å²) in [5, 5.41) is 0. The van der Waals surface area contributed by atoms with Gasteiger partial charge in [-0.15, -0.1) is 6.58 Å². The topological polar surface area (TPSA) is 0 Å². The molecule has 2 aromatic rings. The molecule has 0 spiro atoms. The first kappa shape index (κ1) is 22.4. The van der Waals surface area contributed by atoms with E-state index in [1.54, 1.807) is 11.1 Å². The van der Waals surface area contributed by atoms with Crippen molar-refractivity contribution < 1.29 is 0 Å². The van der Waals surface area contributed by atoms with Gasteiger partial charge in [0.15, 0.2) is 0 Å². The molecule has 0 amide bonds. The zero-order valence-corrected chi connectivity index (χ0v) is 20.1. The summed E-state index contributed by atoms with van der Waals surface area (Å²) in [5.74, 6) is 3.18. The summed E-state index contributed by atoms with van der Waals surface area (Å²) >= 11 is 0. The lowest BCUT2D eigenvalue weighted by atomic mass is 9.72. The number of allylic oxidation sites excluding steroid dienone is 1.